The quantitative estimate of drug-likeness (QED) is 0.550. The van der Waals surface area contributed by atoms with Gasteiger partial charge in [-0.1, -0.05) is 18.7 Å². The Hall–Kier alpha value is -1.64. The van der Waals surface area contributed by atoms with Gasteiger partial charge in [-0.2, -0.15) is 0 Å². The van der Waals surface area contributed by atoms with Crippen LogP contribution in [0.3, 0.4) is 0 Å². The number of tetrazole rings is 1. The van der Waals surface area contributed by atoms with E-state index in [2.05, 4.69) is 25.6 Å². The Kier molecular flexibility index (Phi) is 6.26. The summed E-state index contributed by atoms with van der Waals surface area (Å²) in [5, 5.41) is 14.1. The molecule has 1 unspecified atom stereocenters. The SMILES string of the molecule is CCC(C)NC(=O)CSc1nnnn1CC(=O)OC. The van der Waals surface area contributed by atoms with Crippen LogP contribution >= 0.6 is 11.8 Å². The number of esters is 1. The van der Waals surface area contributed by atoms with Crippen molar-refractivity contribution < 1.29 is 14.3 Å². The zero-order valence-corrected chi connectivity index (χ0v) is 11.9. The first kappa shape index (κ1) is 15.4. The van der Waals surface area contributed by atoms with Crippen molar-refractivity contribution in [1.29, 1.82) is 0 Å². The van der Waals surface area contributed by atoms with Gasteiger partial charge in [-0.25, -0.2) is 4.68 Å². The van der Waals surface area contributed by atoms with E-state index >= 15 is 0 Å². The highest BCUT2D eigenvalue weighted by Crippen LogP contribution is 2.13. The fourth-order valence-electron chi connectivity index (χ4n) is 1.13. The van der Waals surface area contributed by atoms with Gasteiger partial charge in [0.05, 0.1) is 12.9 Å². The lowest BCUT2D eigenvalue weighted by molar-refractivity contribution is -0.141. The van der Waals surface area contributed by atoms with E-state index in [1.807, 2.05) is 13.8 Å². The maximum absolute atomic E-state index is 11.6. The largest absolute Gasteiger partial charge is 0.468 e. The molecule has 0 aromatic carbocycles. The van der Waals surface area contributed by atoms with Gasteiger partial charge in [-0.15, -0.1) is 5.10 Å². The van der Waals surface area contributed by atoms with Crippen molar-refractivity contribution in [2.24, 2.45) is 0 Å². The van der Waals surface area contributed by atoms with Gasteiger partial charge in [0.15, 0.2) is 0 Å². The summed E-state index contributed by atoms with van der Waals surface area (Å²) < 4.78 is 5.83. The molecule has 0 fully saturated rings. The molecule has 0 aliphatic rings. The minimum Gasteiger partial charge on any atom is -0.468 e. The summed E-state index contributed by atoms with van der Waals surface area (Å²) in [7, 11) is 1.29. The second-order valence-electron chi connectivity index (χ2n) is 3.86. The molecule has 19 heavy (non-hydrogen) atoms. The van der Waals surface area contributed by atoms with E-state index in [1.165, 1.54) is 23.6 Å². The lowest BCUT2D eigenvalue weighted by atomic mass is 10.3. The summed E-state index contributed by atoms with van der Waals surface area (Å²) >= 11 is 1.17. The highest BCUT2D eigenvalue weighted by atomic mass is 32.2. The third-order valence-electron chi connectivity index (χ3n) is 2.36. The van der Waals surface area contributed by atoms with Gasteiger partial charge < -0.3 is 10.1 Å². The van der Waals surface area contributed by atoms with E-state index < -0.39 is 5.97 Å². The number of nitrogens with zero attached hydrogens (tertiary/aromatic N) is 4. The van der Waals surface area contributed by atoms with Gasteiger partial charge in [0.1, 0.15) is 6.54 Å². The van der Waals surface area contributed by atoms with Crippen molar-refractivity contribution in [1.82, 2.24) is 25.5 Å². The van der Waals surface area contributed by atoms with Gasteiger partial charge in [0.2, 0.25) is 11.1 Å². The zero-order valence-electron chi connectivity index (χ0n) is 11.1. The summed E-state index contributed by atoms with van der Waals surface area (Å²) in [6, 6.07) is 0.138. The minimum atomic E-state index is -0.446. The molecule has 1 heterocycles. The predicted molar refractivity (Wildman–Crippen MR) is 68.5 cm³/mol. The summed E-state index contributed by atoms with van der Waals surface area (Å²) in [5.41, 5.74) is 0. The van der Waals surface area contributed by atoms with Crippen LogP contribution in [-0.4, -0.2) is 51.0 Å². The molecular formula is C10H17N5O3S. The number of carbonyl (C=O) groups is 2. The Morgan fingerprint density at radius 3 is 2.89 bits per heavy atom. The average molecular weight is 287 g/mol. The Morgan fingerprint density at radius 2 is 2.26 bits per heavy atom. The minimum absolute atomic E-state index is 0.0706. The van der Waals surface area contributed by atoms with Crippen LogP contribution in [0.5, 0.6) is 0 Å². The molecule has 0 saturated heterocycles. The first-order chi connectivity index (χ1) is 9.06. The van der Waals surface area contributed by atoms with Gasteiger partial charge >= 0.3 is 5.97 Å². The average Bonchev–Trinajstić information content (AvgIpc) is 2.83. The Bertz CT molecular complexity index is 437. The third-order valence-corrected chi connectivity index (χ3v) is 3.31. The van der Waals surface area contributed by atoms with Crippen LogP contribution < -0.4 is 5.32 Å². The number of amides is 1. The summed E-state index contributed by atoms with van der Waals surface area (Å²) in [4.78, 5) is 22.7. The van der Waals surface area contributed by atoms with E-state index in [0.717, 1.165) is 6.42 Å². The van der Waals surface area contributed by atoms with Gasteiger partial charge in [0, 0.05) is 6.04 Å². The second-order valence-corrected chi connectivity index (χ2v) is 4.80. The molecule has 0 aliphatic carbocycles. The number of nitrogens with one attached hydrogen (secondary N) is 1. The highest BCUT2D eigenvalue weighted by Gasteiger charge is 2.13. The number of aromatic nitrogens is 4. The van der Waals surface area contributed by atoms with Gasteiger partial charge in [-0.05, 0) is 23.8 Å². The van der Waals surface area contributed by atoms with Crippen molar-refractivity contribution >= 4 is 23.6 Å². The van der Waals surface area contributed by atoms with E-state index in [4.69, 9.17) is 0 Å². The molecule has 0 radical (unpaired) electrons. The van der Waals surface area contributed by atoms with Crippen LogP contribution in [0, 0.1) is 0 Å². The molecule has 0 aliphatic heterocycles. The third kappa shape index (κ3) is 5.25. The monoisotopic (exact) mass is 287 g/mol. The van der Waals surface area contributed by atoms with Gasteiger partial charge in [0.25, 0.3) is 0 Å². The second kappa shape index (κ2) is 7.72. The topological polar surface area (TPSA) is 99.0 Å². The Morgan fingerprint density at radius 1 is 1.53 bits per heavy atom. The molecule has 1 amide bonds. The molecule has 1 rings (SSSR count). The molecular weight excluding hydrogens is 270 g/mol. The summed E-state index contributed by atoms with van der Waals surface area (Å²) in [6.45, 7) is 3.86. The maximum atomic E-state index is 11.6. The van der Waals surface area contributed by atoms with E-state index in [0.29, 0.717) is 5.16 Å². The smallest absolute Gasteiger partial charge is 0.327 e. The van der Waals surface area contributed by atoms with Crippen molar-refractivity contribution in [3.63, 3.8) is 0 Å². The van der Waals surface area contributed by atoms with Crippen LogP contribution in [0.25, 0.3) is 0 Å². The lowest BCUT2D eigenvalue weighted by Crippen LogP contribution is -2.33. The standard InChI is InChI=1S/C10H17N5O3S/c1-4-7(2)11-8(16)6-19-10-12-13-14-15(10)5-9(17)18-3/h7H,4-6H2,1-3H3,(H,11,16). The molecule has 1 aromatic heterocycles. The molecule has 0 spiro atoms. The summed E-state index contributed by atoms with van der Waals surface area (Å²) in [6.07, 6.45) is 0.872. The number of methoxy groups -OCH3 is 1. The fourth-order valence-corrected chi connectivity index (χ4v) is 1.82. The maximum Gasteiger partial charge on any atom is 0.327 e. The lowest BCUT2D eigenvalue weighted by Gasteiger charge is -2.10. The number of carbonyl (C=O) groups excluding carboxylic acids is 2. The number of rotatable bonds is 7. The number of ether oxygens (including phenoxy) is 1. The van der Waals surface area contributed by atoms with Crippen LogP contribution in [0.2, 0.25) is 0 Å². The fraction of sp³-hybridized carbons (Fsp3) is 0.700. The normalized spacial score (nSPS) is 11.9. The van der Waals surface area contributed by atoms with Crippen LogP contribution in [0.1, 0.15) is 20.3 Å². The number of hydrogen-bond acceptors (Lipinski definition) is 7. The molecule has 106 valence electrons. The highest BCUT2D eigenvalue weighted by molar-refractivity contribution is 7.99. The zero-order chi connectivity index (χ0) is 14.3. The van der Waals surface area contributed by atoms with Crippen molar-refractivity contribution in [2.75, 3.05) is 12.9 Å². The molecule has 1 N–H and O–H groups in total. The first-order valence-electron chi connectivity index (χ1n) is 5.82. The Labute approximate surface area is 115 Å². The predicted octanol–water partition coefficient (Wildman–Crippen LogP) is -0.147. The van der Waals surface area contributed by atoms with E-state index in [-0.39, 0.29) is 24.2 Å². The van der Waals surface area contributed by atoms with Crippen LogP contribution in [0.4, 0.5) is 0 Å². The molecule has 1 aromatic rings. The number of thioether (sulfide) groups is 1. The first-order valence-corrected chi connectivity index (χ1v) is 6.80. The number of hydrogen-bond donors (Lipinski definition) is 1. The van der Waals surface area contributed by atoms with Crippen molar-refractivity contribution in [3.8, 4) is 0 Å². The molecule has 0 saturated carbocycles. The molecule has 0 bridgehead atoms. The van der Waals surface area contributed by atoms with Crippen LogP contribution in [0.15, 0.2) is 5.16 Å². The van der Waals surface area contributed by atoms with Crippen LogP contribution in [-0.2, 0) is 20.9 Å². The van der Waals surface area contributed by atoms with Gasteiger partial charge in [-0.3, -0.25) is 9.59 Å². The molecule has 1 atom stereocenters. The van der Waals surface area contributed by atoms with E-state index in [1.54, 1.807) is 0 Å². The summed E-state index contributed by atoms with van der Waals surface area (Å²) in [5.74, 6) is -0.337. The van der Waals surface area contributed by atoms with E-state index in [9.17, 15) is 9.59 Å². The van der Waals surface area contributed by atoms with Crippen molar-refractivity contribution in [2.45, 2.75) is 38.0 Å². The van der Waals surface area contributed by atoms with Crippen molar-refractivity contribution in [3.05, 3.63) is 0 Å². The molecule has 9 heteroatoms. The Balaban J connectivity index is 2.47. The molecule has 8 nitrogen and oxygen atoms in total.